The molecule has 0 spiro atoms. The Bertz CT molecular complexity index is 561. The van der Waals surface area contributed by atoms with Crippen molar-refractivity contribution in [1.29, 1.82) is 0 Å². The Hall–Kier alpha value is -1.88. The molecule has 2 N–H and O–H groups in total. The van der Waals surface area contributed by atoms with E-state index < -0.39 is 0 Å². The van der Waals surface area contributed by atoms with Crippen LogP contribution in [0.2, 0.25) is 0 Å². The molecule has 3 rings (SSSR count). The fourth-order valence-corrected chi connectivity index (χ4v) is 4.04. The lowest BCUT2D eigenvalue weighted by Gasteiger charge is -2.25. The molecule has 4 atom stereocenters. The van der Waals surface area contributed by atoms with Gasteiger partial charge in [0.25, 0.3) is 5.91 Å². The van der Waals surface area contributed by atoms with Crippen LogP contribution in [0.1, 0.15) is 36.0 Å². The maximum atomic E-state index is 12.3. The van der Waals surface area contributed by atoms with E-state index in [1.807, 2.05) is 13.1 Å². The number of nitrogens with one attached hydrogen (secondary N) is 1. The number of fused-ring (bicyclic) bond motifs is 1. The van der Waals surface area contributed by atoms with Crippen LogP contribution < -0.4 is 5.32 Å². The number of benzene rings is 1. The lowest BCUT2D eigenvalue weighted by atomic mass is 10.0. The smallest absolute Gasteiger partial charge is 0.251 e. The Morgan fingerprint density at radius 2 is 1.74 bits per heavy atom. The molecule has 2 fully saturated rings. The molecular formula is C18H24N2O3. The summed E-state index contributed by atoms with van der Waals surface area (Å²) >= 11 is 0. The summed E-state index contributed by atoms with van der Waals surface area (Å²) in [6, 6.07) is 9.14. The summed E-state index contributed by atoms with van der Waals surface area (Å²) in [4.78, 5) is 26.1. The molecule has 1 aromatic rings. The van der Waals surface area contributed by atoms with E-state index in [4.69, 9.17) is 0 Å². The van der Waals surface area contributed by atoms with E-state index in [1.165, 1.54) is 0 Å². The van der Waals surface area contributed by atoms with Crippen molar-refractivity contribution in [2.24, 2.45) is 11.8 Å². The second-order valence-corrected chi connectivity index (χ2v) is 6.82. The van der Waals surface area contributed by atoms with Crippen LogP contribution in [-0.4, -0.2) is 47.6 Å². The molecular weight excluding hydrogens is 292 g/mol. The molecule has 124 valence electrons. The summed E-state index contributed by atoms with van der Waals surface area (Å²) in [6.07, 6.45) is 3.52. The van der Waals surface area contributed by atoms with Crippen molar-refractivity contribution >= 4 is 11.8 Å². The number of nitrogens with zero attached hydrogens (tertiary/aromatic N) is 1. The molecule has 5 nitrogen and oxygen atoms in total. The Kier molecular flexibility index (Phi) is 4.66. The third-order valence-corrected chi connectivity index (χ3v) is 5.34. The van der Waals surface area contributed by atoms with Gasteiger partial charge in [-0.3, -0.25) is 9.59 Å². The molecule has 1 aromatic carbocycles. The number of rotatable bonds is 4. The molecule has 5 heteroatoms. The minimum absolute atomic E-state index is 0.0265. The molecule has 0 saturated heterocycles. The molecule has 0 aliphatic heterocycles. The average molecular weight is 316 g/mol. The molecule has 2 aliphatic carbocycles. The van der Waals surface area contributed by atoms with Crippen molar-refractivity contribution in [3.8, 4) is 0 Å². The van der Waals surface area contributed by atoms with Gasteiger partial charge in [-0.15, -0.1) is 0 Å². The van der Waals surface area contributed by atoms with Crippen LogP contribution in [-0.2, 0) is 4.79 Å². The number of aliphatic hydroxyl groups is 1. The van der Waals surface area contributed by atoms with Crippen molar-refractivity contribution in [2.75, 3.05) is 13.6 Å². The fraction of sp³-hybridized carbons (Fsp3) is 0.556. The maximum Gasteiger partial charge on any atom is 0.251 e. The lowest BCUT2D eigenvalue weighted by Crippen LogP contribution is -2.42. The van der Waals surface area contributed by atoms with Gasteiger partial charge in [-0.25, -0.2) is 0 Å². The van der Waals surface area contributed by atoms with Gasteiger partial charge in [0.1, 0.15) is 0 Å². The SMILES string of the molecule is CN(C(=O)CNC(=O)c1ccccc1)C1C[C@H]2CC(O)C[C@H]2C1. The number of amides is 2. The van der Waals surface area contributed by atoms with E-state index in [1.54, 1.807) is 29.2 Å². The highest BCUT2D eigenvalue weighted by Crippen LogP contribution is 2.45. The first-order chi connectivity index (χ1) is 11.0. The van der Waals surface area contributed by atoms with Gasteiger partial charge in [-0.05, 0) is 49.7 Å². The Balaban J connectivity index is 1.48. The molecule has 0 heterocycles. The summed E-state index contributed by atoms with van der Waals surface area (Å²) < 4.78 is 0. The van der Waals surface area contributed by atoms with Crippen molar-refractivity contribution in [3.05, 3.63) is 35.9 Å². The molecule has 2 amide bonds. The predicted molar refractivity (Wildman–Crippen MR) is 86.8 cm³/mol. The van der Waals surface area contributed by atoms with Crippen molar-refractivity contribution in [3.63, 3.8) is 0 Å². The molecule has 2 unspecified atom stereocenters. The van der Waals surface area contributed by atoms with Gasteiger partial charge in [0.2, 0.25) is 5.91 Å². The second kappa shape index (κ2) is 6.71. The summed E-state index contributed by atoms with van der Waals surface area (Å²) in [5, 5.41) is 12.4. The number of hydrogen-bond donors (Lipinski definition) is 2. The first kappa shape index (κ1) is 16.0. The normalized spacial score (nSPS) is 29.1. The van der Waals surface area contributed by atoms with Gasteiger partial charge >= 0.3 is 0 Å². The maximum absolute atomic E-state index is 12.3. The Morgan fingerprint density at radius 1 is 1.13 bits per heavy atom. The van der Waals surface area contributed by atoms with Gasteiger partial charge in [-0.2, -0.15) is 0 Å². The Labute approximate surface area is 136 Å². The van der Waals surface area contributed by atoms with E-state index in [0.29, 0.717) is 17.4 Å². The summed E-state index contributed by atoms with van der Waals surface area (Å²) in [5.74, 6) is 0.812. The van der Waals surface area contributed by atoms with Gasteiger partial charge < -0.3 is 15.3 Å². The number of aliphatic hydroxyl groups excluding tert-OH is 1. The van der Waals surface area contributed by atoms with Crippen LogP contribution in [0.5, 0.6) is 0 Å². The van der Waals surface area contributed by atoms with E-state index >= 15 is 0 Å². The zero-order chi connectivity index (χ0) is 16.4. The number of likely N-dealkylation sites (N-methyl/N-ethyl adjacent to an activating group) is 1. The average Bonchev–Trinajstić information content (AvgIpc) is 3.09. The quantitative estimate of drug-likeness (QED) is 0.883. The third-order valence-electron chi connectivity index (χ3n) is 5.34. The second-order valence-electron chi connectivity index (χ2n) is 6.82. The minimum atomic E-state index is -0.223. The van der Waals surface area contributed by atoms with Crippen LogP contribution >= 0.6 is 0 Å². The monoisotopic (exact) mass is 316 g/mol. The molecule has 0 aromatic heterocycles. The van der Waals surface area contributed by atoms with Gasteiger partial charge in [0.15, 0.2) is 0 Å². The zero-order valence-electron chi connectivity index (χ0n) is 13.4. The molecule has 0 bridgehead atoms. The molecule has 2 aliphatic rings. The summed E-state index contributed by atoms with van der Waals surface area (Å²) in [7, 11) is 1.82. The molecule has 0 radical (unpaired) electrons. The molecule has 2 saturated carbocycles. The third kappa shape index (κ3) is 3.55. The first-order valence-electron chi connectivity index (χ1n) is 8.31. The largest absolute Gasteiger partial charge is 0.393 e. The summed E-state index contributed by atoms with van der Waals surface area (Å²) in [5.41, 5.74) is 0.562. The lowest BCUT2D eigenvalue weighted by molar-refractivity contribution is -0.130. The minimum Gasteiger partial charge on any atom is -0.393 e. The van der Waals surface area contributed by atoms with Gasteiger partial charge in [0.05, 0.1) is 12.6 Å². The fourth-order valence-electron chi connectivity index (χ4n) is 4.04. The predicted octanol–water partition coefficient (Wildman–Crippen LogP) is 1.42. The number of carbonyl (C=O) groups excluding carboxylic acids is 2. The highest BCUT2D eigenvalue weighted by Gasteiger charge is 2.42. The highest BCUT2D eigenvalue weighted by molar-refractivity contribution is 5.96. The topological polar surface area (TPSA) is 69.6 Å². The van der Waals surface area contributed by atoms with Gasteiger partial charge in [0, 0.05) is 18.7 Å². The van der Waals surface area contributed by atoms with Crippen LogP contribution in [0.4, 0.5) is 0 Å². The van der Waals surface area contributed by atoms with E-state index in [0.717, 1.165) is 25.7 Å². The van der Waals surface area contributed by atoms with E-state index in [9.17, 15) is 14.7 Å². The highest BCUT2D eigenvalue weighted by atomic mass is 16.3. The van der Waals surface area contributed by atoms with Crippen LogP contribution in [0.25, 0.3) is 0 Å². The summed E-state index contributed by atoms with van der Waals surface area (Å²) in [6.45, 7) is 0.0265. The van der Waals surface area contributed by atoms with Crippen LogP contribution in [0.15, 0.2) is 30.3 Å². The molecule has 23 heavy (non-hydrogen) atoms. The van der Waals surface area contributed by atoms with Crippen molar-refractivity contribution < 1.29 is 14.7 Å². The number of carbonyl (C=O) groups is 2. The van der Waals surface area contributed by atoms with Crippen LogP contribution in [0, 0.1) is 11.8 Å². The van der Waals surface area contributed by atoms with Crippen LogP contribution in [0.3, 0.4) is 0 Å². The van der Waals surface area contributed by atoms with E-state index in [-0.39, 0.29) is 30.5 Å². The Morgan fingerprint density at radius 3 is 2.35 bits per heavy atom. The van der Waals surface area contributed by atoms with E-state index in [2.05, 4.69) is 5.32 Å². The van der Waals surface area contributed by atoms with Crippen molar-refractivity contribution in [1.82, 2.24) is 10.2 Å². The zero-order valence-corrected chi connectivity index (χ0v) is 13.4. The first-order valence-corrected chi connectivity index (χ1v) is 8.31. The van der Waals surface area contributed by atoms with Crippen molar-refractivity contribution in [2.45, 2.75) is 37.8 Å². The number of hydrogen-bond acceptors (Lipinski definition) is 3. The van der Waals surface area contributed by atoms with Gasteiger partial charge in [-0.1, -0.05) is 18.2 Å². The standard InChI is InChI=1S/C18H24N2O3/c1-20(15-7-13-9-16(21)10-14(13)8-15)17(22)11-19-18(23)12-5-3-2-4-6-12/h2-6,13-16,21H,7-11H2,1H3,(H,19,23)/t13-,14+,15?,16?.